The van der Waals surface area contributed by atoms with Crippen molar-refractivity contribution < 1.29 is 22.0 Å². The molecule has 1 aromatic rings. The van der Waals surface area contributed by atoms with Crippen molar-refractivity contribution in [3.8, 4) is 0 Å². The first-order chi connectivity index (χ1) is 9.34. The van der Waals surface area contributed by atoms with Gasteiger partial charge in [-0.3, -0.25) is 0 Å². The predicted octanol–water partition coefficient (Wildman–Crippen LogP) is 5.00. The minimum absolute atomic E-state index is 0.0491. The summed E-state index contributed by atoms with van der Waals surface area (Å²) >= 11 is 0. The summed E-state index contributed by atoms with van der Waals surface area (Å²) in [5.74, 6) is -8.61. The molecule has 0 aromatic heterocycles. The summed E-state index contributed by atoms with van der Waals surface area (Å²) in [6.07, 6.45) is 2.61. The van der Waals surface area contributed by atoms with Crippen LogP contribution in [-0.4, -0.2) is 0 Å². The van der Waals surface area contributed by atoms with Crippen molar-refractivity contribution in [1.29, 1.82) is 0 Å². The van der Waals surface area contributed by atoms with Crippen molar-refractivity contribution in [2.75, 3.05) is 0 Å². The maximum atomic E-state index is 13.7. The van der Waals surface area contributed by atoms with Gasteiger partial charge in [-0.2, -0.15) is 0 Å². The number of hydrogen-bond donors (Lipinski definition) is 0. The van der Waals surface area contributed by atoms with E-state index in [1.165, 1.54) is 0 Å². The second kappa shape index (κ2) is 5.70. The van der Waals surface area contributed by atoms with Gasteiger partial charge in [-0.05, 0) is 30.6 Å². The number of hydrogen-bond acceptors (Lipinski definition) is 0. The van der Waals surface area contributed by atoms with Gasteiger partial charge >= 0.3 is 0 Å². The standard InChI is InChI=1S/C15H17F5/c1-7-4-3-5-9(8(7)2)6-10-11(16)13(18)15(20)14(19)12(10)17/h7-9H,3-6H2,1-2H3. The van der Waals surface area contributed by atoms with E-state index in [2.05, 4.69) is 6.92 Å². The van der Waals surface area contributed by atoms with Crippen molar-refractivity contribution in [3.63, 3.8) is 0 Å². The molecule has 0 bridgehead atoms. The molecule has 1 fully saturated rings. The molecular weight excluding hydrogens is 275 g/mol. The Morgan fingerprint density at radius 1 is 0.800 bits per heavy atom. The monoisotopic (exact) mass is 292 g/mol. The SMILES string of the molecule is CC1CCCC(Cc2c(F)c(F)c(F)c(F)c2F)C1C. The molecule has 1 aromatic carbocycles. The fraction of sp³-hybridized carbons (Fsp3) is 0.600. The second-order valence-electron chi connectivity index (χ2n) is 5.78. The molecule has 0 nitrogen and oxygen atoms in total. The topological polar surface area (TPSA) is 0 Å². The maximum Gasteiger partial charge on any atom is 0.200 e. The van der Waals surface area contributed by atoms with E-state index in [1.54, 1.807) is 0 Å². The van der Waals surface area contributed by atoms with Crippen LogP contribution in [0.1, 0.15) is 38.7 Å². The molecule has 112 valence electrons. The van der Waals surface area contributed by atoms with Crippen LogP contribution in [0.2, 0.25) is 0 Å². The van der Waals surface area contributed by atoms with Crippen LogP contribution in [0.4, 0.5) is 22.0 Å². The minimum atomic E-state index is -2.09. The van der Waals surface area contributed by atoms with Gasteiger partial charge in [-0.25, -0.2) is 22.0 Å². The molecule has 3 atom stereocenters. The van der Waals surface area contributed by atoms with Gasteiger partial charge in [-0.1, -0.05) is 26.7 Å². The first-order valence-corrected chi connectivity index (χ1v) is 6.84. The molecule has 0 spiro atoms. The summed E-state index contributed by atoms with van der Waals surface area (Å²) in [6, 6.07) is 0. The summed E-state index contributed by atoms with van der Waals surface area (Å²) in [6.45, 7) is 4.02. The van der Waals surface area contributed by atoms with Crippen LogP contribution in [0.15, 0.2) is 0 Å². The minimum Gasteiger partial charge on any atom is -0.203 e. The van der Waals surface area contributed by atoms with Gasteiger partial charge in [0, 0.05) is 5.56 Å². The maximum absolute atomic E-state index is 13.7. The molecule has 0 heterocycles. The molecule has 20 heavy (non-hydrogen) atoms. The van der Waals surface area contributed by atoms with Gasteiger partial charge in [0.1, 0.15) is 0 Å². The highest BCUT2D eigenvalue weighted by Crippen LogP contribution is 2.37. The van der Waals surface area contributed by atoms with Crippen LogP contribution in [0.25, 0.3) is 0 Å². The highest BCUT2D eigenvalue weighted by Gasteiger charge is 2.32. The van der Waals surface area contributed by atoms with Gasteiger partial charge in [0.05, 0.1) is 0 Å². The van der Waals surface area contributed by atoms with Gasteiger partial charge in [-0.15, -0.1) is 0 Å². The molecule has 5 heteroatoms. The van der Waals surface area contributed by atoms with Crippen molar-refractivity contribution in [1.82, 2.24) is 0 Å². The van der Waals surface area contributed by atoms with Crippen LogP contribution >= 0.6 is 0 Å². The first kappa shape index (κ1) is 15.3. The van der Waals surface area contributed by atoms with E-state index in [-0.39, 0.29) is 18.3 Å². The van der Waals surface area contributed by atoms with E-state index in [9.17, 15) is 22.0 Å². The lowest BCUT2D eigenvalue weighted by Gasteiger charge is -2.34. The quantitative estimate of drug-likeness (QED) is 0.409. The molecule has 3 unspecified atom stereocenters. The van der Waals surface area contributed by atoms with E-state index >= 15 is 0 Å². The van der Waals surface area contributed by atoms with Crippen LogP contribution < -0.4 is 0 Å². The molecule has 0 radical (unpaired) electrons. The molecular formula is C15H17F5. The lowest BCUT2D eigenvalue weighted by Crippen LogP contribution is -2.26. The Bertz CT molecular complexity index is 482. The van der Waals surface area contributed by atoms with Gasteiger partial charge in [0.25, 0.3) is 0 Å². The smallest absolute Gasteiger partial charge is 0.200 e. The Morgan fingerprint density at radius 2 is 1.30 bits per heavy atom. The van der Waals surface area contributed by atoms with E-state index in [4.69, 9.17) is 0 Å². The fourth-order valence-corrected chi connectivity index (χ4v) is 3.07. The highest BCUT2D eigenvalue weighted by atomic mass is 19.2. The Balaban J connectivity index is 2.34. The number of benzene rings is 1. The van der Waals surface area contributed by atoms with E-state index in [0.717, 1.165) is 19.3 Å². The van der Waals surface area contributed by atoms with Crippen LogP contribution in [0, 0.1) is 46.8 Å². The third kappa shape index (κ3) is 2.54. The van der Waals surface area contributed by atoms with Crippen molar-refractivity contribution in [2.24, 2.45) is 17.8 Å². The summed E-state index contributed by atoms with van der Waals surface area (Å²) in [5.41, 5.74) is -0.674. The van der Waals surface area contributed by atoms with E-state index in [0.29, 0.717) is 5.92 Å². The number of rotatable bonds is 2. The average Bonchev–Trinajstić information content (AvgIpc) is 2.43. The Hall–Kier alpha value is -1.13. The lowest BCUT2D eigenvalue weighted by atomic mass is 9.71. The molecule has 0 aliphatic heterocycles. The van der Waals surface area contributed by atoms with Crippen molar-refractivity contribution >= 4 is 0 Å². The Morgan fingerprint density at radius 3 is 1.85 bits per heavy atom. The first-order valence-electron chi connectivity index (χ1n) is 6.84. The normalized spacial score (nSPS) is 26.9. The molecule has 1 aliphatic rings. The van der Waals surface area contributed by atoms with Gasteiger partial charge in [0.2, 0.25) is 5.82 Å². The van der Waals surface area contributed by atoms with E-state index < -0.39 is 34.6 Å². The Labute approximate surface area is 115 Å². The lowest BCUT2D eigenvalue weighted by molar-refractivity contribution is 0.178. The largest absolute Gasteiger partial charge is 0.203 e. The van der Waals surface area contributed by atoms with Crippen molar-refractivity contribution in [2.45, 2.75) is 39.5 Å². The van der Waals surface area contributed by atoms with Gasteiger partial charge < -0.3 is 0 Å². The summed E-state index contributed by atoms with van der Waals surface area (Å²) in [7, 11) is 0. The third-order valence-electron chi connectivity index (χ3n) is 4.64. The van der Waals surface area contributed by atoms with Crippen LogP contribution in [-0.2, 0) is 6.42 Å². The van der Waals surface area contributed by atoms with Gasteiger partial charge in [0.15, 0.2) is 23.3 Å². The zero-order chi connectivity index (χ0) is 15.0. The van der Waals surface area contributed by atoms with E-state index in [1.807, 2.05) is 6.92 Å². The zero-order valence-corrected chi connectivity index (χ0v) is 11.5. The predicted molar refractivity (Wildman–Crippen MR) is 65.6 cm³/mol. The third-order valence-corrected chi connectivity index (χ3v) is 4.64. The second-order valence-corrected chi connectivity index (χ2v) is 5.78. The highest BCUT2D eigenvalue weighted by molar-refractivity contribution is 5.24. The summed E-state index contributed by atoms with van der Waals surface area (Å²) in [4.78, 5) is 0. The fourth-order valence-electron chi connectivity index (χ4n) is 3.07. The number of halogens is 5. The Kier molecular flexibility index (Phi) is 4.35. The molecule has 1 saturated carbocycles. The van der Waals surface area contributed by atoms with Crippen LogP contribution in [0.3, 0.4) is 0 Å². The summed E-state index contributed by atoms with van der Waals surface area (Å²) in [5, 5.41) is 0. The summed E-state index contributed by atoms with van der Waals surface area (Å²) < 4.78 is 66.6. The molecule has 0 N–H and O–H groups in total. The molecule has 0 amide bonds. The van der Waals surface area contributed by atoms with Crippen LogP contribution in [0.5, 0.6) is 0 Å². The molecule has 0 saturated heterocycles. The average molecular weight is 292 g/mol. The zero-order valence-electron chi connectivity index (χ0n) is 11.5. The molecule has 1 aliphatic carbocycles. The van der Waals surface area contributed by atoms with Crippen molar-refractivity contribution in [3.05, 3.63) is 34.6 Å². The molecule has 2 rings (SSSR count).